The minimum absolute atomic E-state index is 0.190. The lowest BCUT2D eigenvalue weighted by Crippen LogP contribution is -2.35. The third-order valence-corrected chi connectivity index (χ3v) is 7.94. The highest BCUT2D eigenvalue weighted by Crippen LogP contribution is 2.33. The van der Waals surface area contributed by atoms with E-state index in [-0.39, 0.29) is 10.8 Å². The molecule has 0 bridgehead atoms. The lowest BCUT2D eigenvalue weighted by Gasteiger charge is -2.30. The number of carbonyl (C=O) groups is 1. The van der Waals surface area contributed by atoms with Crippen LogP contribution in [-0.4, -0.2) is 48.3 Å². The van der Waals surface area contributed by atoms with Crippen molar-refractivity contribution in [1.29, 1.82) is 0 Å². The van der Waals surface area contributed by atoms with Crippen molar-refractivity contribution in [2.45, 2.75) is 29.8 Å². The van der Waals surface area contributed by atoms with E-state index in [1.54, 1.807) is 30.3 Å². The normalized spacial score (nSPS) is 13.6. The number of hydrogen-bond donors (Lipinski definition) is 2. The molecule has 0 atom stereocenters. The number of aromatic amines is 1. The average molecular weight is 492 g/mol. The Hall–Kier alpha value is -2.56. The highest BCUT2D eigenvalue weighted by Gasteiger charge is 2.29. The third kappa shape index (κ3) is 4.92. The zero-order chi connectivity index (χ0) is 22.7. The molecule has 11 heteroatoms. The highest BCUT2D eigenvalue weighted by molar-refractivity contribution is 7.99. The summed E-state index contributed by atoms with van der Waals surface area (Å²) in [7, 11) is -3.71. The number of rotatable bonds is 7. The second-order valence-electron chi connectivity index (χ2n) is 7.29. The summed E-state index contributed by atoms with van der Waals surface area (Å²) in [6.07, 6.45) is 1.39. The van der Waals surface area contributed by atoms with Crippen LogP contribution in [0, 0.1) is 6.92 Å². The first-order valence-corrected chi connectivity index (χ1v) is 12.9. The van der Waals surface area contributed by atoms with Crippen LogP contribution in [0.5, 0.6) is 0 Å². The molecular formula is C21H22ClN5O3S2. The molecule has 0 saturated heterocycles. The van der Waals surface area contributed by atoms with Gasteiger partial charge in [-0.1, -0.05) is 23.4 Å². The topological polar surface area (TPSA) is 108 Å². The van der Waals surface area contributed by atoms with Crippen LogP contribution in [0.3, 0.4) is 0 Å². The predicted octanol–water partition coefficient (Wildman–Crippen LogP) is 3.43. The molecule has 2 heterocycles. The van der Waals surface area contributed by atoms with Gasteiger partial charge in [0.05, 0.1) is 10.6 Å². The van der Waals surface area contributed by atoms with Crippen LogP contribution in [0.15, 0.2) is 52.5 Å². The van der Waals surface area contributed by atoms with E-state index >= 15 is 0 Å². The Morgan fingerprint density at radius 2 is 2.03 bits per heavy atom. The fourth-order valence-corrected chi connectivity index (χ4v) is 5.85. The Balaban J connectivity index is 1.44. The van der Waals surface area contributed by atoms with Gasteiger partial charge in [0.2, 0.25) is 5.16 Å². The minimum Gasteiger partial charge on any atom is -0.351 e. The number of anilines is 1. The summed E-state index contributed by atoms with van der Waals surface area (Å²) in [6, 6.07) is 11.3. The number of H-pyrrole nitrogens is 1. The zero-order valence-corrected chi connectivity index (χ0v) is 19.7. The Morgan fingerprint density at radius 1 is 1.25 bits per heavy atom. The zero-order valence-electron chi connectivity index (χ0n) is 17.3. The van der Waals surface area contributed by atoms with Crippen molar-refractivity contribution >= 4 is 45.0 Å². The maximum atomic E-state index is 13.2. The Kier molecular flexibility index (Phi) is 6.73. The minimum atomic E-state index is -3.71. The fourth-order valence-electron chi connectivity index (χ4n) is 3.48. The smallest absolute Gasteiger partial charge is 0.264 e. The van der Waals surface area contributed by atoms with E-state index in [1.165, 1.54) is 28.2 Å². The van der Waals surface area contributed by atoms with Gasteiger partial charge >= 0.3 is 0 Å². The lowest BCUT2D eigenvalue weighted by atomic mass is 10.0. The molecule has 1 aromatic heterocycles. The molecule has 0 spiro atoms. The van der Waals surface area contributed by atoms with Gasteiger partial charge in [0.25, 0.3) is 15.9 Å². The number of sulfonamides is 1. The van der Waals surface area contributed by atoms with E-state index in [2.05, 4.69) is 20.5 Å². The van der Waals surface area contributed by atoms with E-state index in [0.717, 1.165) is 11.4 Å². The van der Waals surface area contributed by atoms with Crippen molar-refractivity contribution in [3.63, 3.8) is 0 Å². The van der Waals surface area contributed by atoms with Gasteiger partial charge in [-0.3, -0.25) is 14.2 Å². The first-order chi connectivity index (χ1) is 15.3. The number of aromatic nitrogens is 3. The first kappa shape index (κ1) is 22.6. The van der Waals surface area contributed by atoms with Crippen LogP contribution in [0.25, 0.3) is 0 Å². The number of amides is 1. The van der Waals surface area contributed by atoms with Crippen molar-refractivity contribution in [3.8, 4) is 0 Å². The average Bonchev–Trinajstić information content (AvgIpc) is 3.21. The SMILES string of the molecule is Cc1nc(SCCNC(=O)c2ccc3c(c2)CCCN3S(=O)(=O)c2ccc(Cl)cc2)n[nH]1. The van der Waals surface area contributed by atoms with E-state index in [4.69, 9.17) is 11.6 Å². The van der Waals surface area contributed by atoms with Gasteiger partial charge in [0, 0.05) is 29.4 Å². The molecule has 0 saturated carbocycles. The molecular weight excluding hydrogens is 470 g/mol. The van der Waals surface area contributed by atoms with Gasteiger partial charge in [-0.25, -0.2) is 13.4 Å². The van der Waals surface area contributed by atoms with E-state index in [0.29, 0.717) is 53.1 Å². The monoisotopic (exact) mass is 491 g/mol. The van der Waals surface area contributed by atoms with Crippen LogP contribution in [0.4, 0.5) is 5.69 Å². The van der Waals surface area contributed by atoms with Gasteiger partial charge in [-0.2, -0.15) is 0 Å². The number of hydrogen-bond acceptors (Lipinski definition) is 6. The number of aryl methyl sites for hydroxylation is 2. The summed E-state index contributed by atoms with van der Waals surface area (Å²) in [5, 5.41) is 10.8. The molecule has 2 N–H and O–H groups in total. The molecule has 4 rings (SSSR count). The first-order valence-electron chi connectivity index (χ1n) is 10.1. The summed E-state index contributed by atoms with van der Waals surface area (Å²) in [5.41, 5.74) is 1.96. The van der Waals surface area contributed by atoms with Crippen LogP contribution >= 0.6 is 23.4 Å². The Morgan fingerprint density at radius 3 is 2.75 bits per heavy atom. The molecule has 0 unspecified atom stereocenters. The molecule has 1 aliphatic heterocycles. The number of nitrogens with one attached hydrogen (secondary N) is 2. The number of benzene rings is 2. The second-order valence-corrected chi connectivity index (χ2v) is 10.6. The van der Waals surface area contributed by atoms with Gasteiger partial charge in [-0.05, 0) is 67.8 Å². The Bertz CT molecular complexity index is 1230. The highest BCUT2D eigenvalue weighted by atomic mass is 35.5. The number of nitrogens with zero attached hydrogens (tertiary/aromatic N) is 3. The van der Waals surface area contributed by atoms with Gasteiger partial charge in [0.15, 0.2) is 0 Å². The van der Waals surface area contributed by atoms with E-state index in [9.17, 15) is 13.2 Å². The van der Waals surface area contributed by atoms with Gasteiger partial charge < -0.3 is 5.32 Å². The largest absolute Gasteiger partial charge is 0.351 e. The molecule has 1 amide bonds. The van der Waals surface area contributed by atoms with Gasteiger partial charge in [-0.15, -0.1) is 5.10 Å². The van der Waals surface area contributed by atoms with Crippen molar-refractivity contribution in [2.24, 2.45) is 0 Å². The summed E-state index contributed by atoms with van der Waals surface area (Å²) < 4.78 is 27.7. The third-order valence-electron chi connectivity index (χ3n) is 5.01. The molecule has 168 valence electrons. The predicted molar refractivity (Wildman–Crippen MR) is 125 cm³/mol. The molecule has 0 fully saturated rings. The van der Waals surface area contributed by atoms with Gasteiger partial charge in [0.1, 0.15) is 5.82 Å². The van der Waals surface area contributed by atoms with Crippen molar-refractivity contribution < 1.29 is 13.2 Å². The molecule has 8 nitrogen and oxygen atoms in total. The van der Waals surface area contributed by atoms with E-state index in [1.807, 2.05) is 6.92 Å². The summed E-state index contributed by atoms with van der Waals surface area (Å²) in [5.74, 6) is 1.19. The Labute approximate surface area is 195 Å². The molecule has 0 aliphatic carbocycles. The number of halogens is 1. The number of carbonyl (C=O) groups excluding carboxylic acids is 1. The van der Waals surface area contributed by atoms with E-state index < -0.39 is 10.0 Å². The maximum Gasteiger partial charge on any atom is 0.264 e. The molecule has 0 radical (unpaired) electrons. The maximum absolute atomic E-state index is 13.2. The summed E-state index contributed by atoms with van der Waals surface area (Å²) in [4.78, 5) is 17.0. The van der Waals surface area contributed by atoms with Crippen LogP contribution < -0.4 is 9.62 Å². The number of thioether (sulfide) groups is 1. The standard InChI is InChI=1S/C21H22ClN5O3S2/c1-14-24-21(26-25-14)31-12-10-23-20(28)16-4-9-19-15(13-16)3-2-11-27(19)32(29,30)18-7-5-17(22)6-8-18/h4-9,13H,2-3,10-12H2,1H3,(H,23,28)(H,24,25,26). The fraction of sp³-hybridized carbons (Fsp3) is 0.286. The van der Waals surface area contributed by atoms with Crippen molar-refractivity contribution in [1.82, 2.24) is 20.5 Å². The molecule has 32 heavy (non-hydrogen) atoms. The number of fused-ring (bicyclic) bond motifs is 1. The van der Waals surface area contributed by atoms with Crippen LogP contribution in [-0.2, 0) is 16.4 Å². The summed E-state index contributed by atoms with van der Waals surface area (Å²) >= 11 is 7.35. The van der Waals surface area contributed by atoms with Crippen molar-refractivity contribution in [3.05, 3.63) is 64.4 Å². The van der Waals surface area contributed by atoms with Crippen molar-refractivity contribution in [2.75, 3.05) is 23.1 Å². The molecule has 1 aliphatic rings. The second kappa shape index (κ2) is 9.51. The molecule has 2 aromatic carbocycles. The van der Waals surface area contributed by atoms with Crippen LogP contribution in [0.1, 0.15) is 28.2 Å². The molecule has 3 aromatic rings. The quantitative estimate of drug-likeness (QED) is 0.387. The lowest BCUT2D eigenvalue weighted by molar-refractivity contribution is 0.0956. The summed E-state index contributed by atoms with van der Waals surface area (Å²) in [6.45, 7) is 2.68. The van der Waals surface area contributed by atoms with Crippen LogP contribution in [0.2, 0.25) is 5.02 Å².